The van der Waals surface area contributed by atoms with E-state index in [4.69, 9.17) is 4.74 Å². The normalized spacial score (nSPS) is 15.4. The second-order valence-corrected chi connectivity index (χ2v) is 7.65. The Morgan fingerprint density at radius 1 is 0.963 bits per heavy atom. The molecule has 0 spiro atoms. The number of hydrogen-bond acceptors (Lipinski definition) is 4. The molecule has 1 atom stereocenters. The van der Waals surface area contributed by atoms with Crippen molar-refractivity contribution in [1.82, 2.24) is 5.32 Å². The molecule has 0 aromatic heterocycles. The van der Waals surface area contributed by atoms with Crippen molar-refractivity contribution in [2.24, 2.45) is 5.92 Å². The number of benzene rings is 2. The van der Waals surface area contributed by atoms with Crippen molar-refractivity contribution in [3.63, 3.8) is 0 Å². The van der Waals surface area contributed by atoms with Gasteiger partial charge in [0.05, 0.1) is 5.92 Å². The van der Waals surface area contributed by atoms with Crippen LogP contribution >= 0.6 is 0 Å². The van der Waals surface area contributed by atoms with Crippen molar-refractivity contribution >= 4 is 17.7 Å². The van der Waals surface area contributed by atoms with E-state index < -0.39 is 23.5 Å². The Morgan fingerprint density at radius 2 is 1.48 bits per heavy atom. The Balaban J connectivity index is 1.87. The van der Waals surface area contributed by atoms with Crippen molar-refractivity contribution in [2.75, 3.05) is 6.54 Å². The van der Waals surface area contributed by atoms with Gasteiger partial charge < -0.3 is 10.1 Å². The first-order valence-corrected chi connectivity index (χ1v) is 8.97. The molecule has 2 aromatic rings. The fourth-order valence-electron chi connectivity index (χ4n) is 3.37. The topological polar surface area (TPSA) is 72.5 Å². The number of fused-ring (bicyclic) bond motifs is 1. The standard InChI is InChI=1S/C22H23NO4/c1-22(2,3)27-21(26)23-13-17(14-9-5-4-6-10-14)18-19(24)15-11-7-8-12-16(15)20(18)25/h4-12,17-18H,13H2,1-3H3,(H,23,26)/t17-/m1/s1. The second-order valence-electron chi connectivity index (χ2n) is 7.65. The van der Waals surface area contributed by atoms with Gasteiger partial charge in [0.15, 0.2) is 11.6 Å². The lowest BCUT2D eigenvalue weighted by Gasteiger charge is -2.24. The lowest BCUT2D eigenvalue weighted by atomic mass is 9.82. The fraction of sp³-hybridized carbons (Fsp3) is 0.318. The molecule has 0 saturated heterocycles. The van der Waals surface area contributed by atoms with Crippen LogP contribution in [0.3, 0.4) is 0 Å². The van der Waals surface area contributed by atoms with Gasteiger partial charge >= 0.3 is 6.09 Å². The summed E-state index contributed by atoms with van der Waals surface area (Å²) in [6.45, 7) is 5.47. The van der Waals surface area contributed by atoms with Crippen molar-refractivity contribution < 1.29 is 19.1 Å². The van der Waals surface area contributed by atoms with E-state index in [0.717, 1.165) is 5.56 Å². The predicted molar refractivity (Wildman–Crippen MR) is 102 cm³/mol. The minimum atomic E-state index is -0.847. The smallest absolute Gasteiger partial charge is 0.407 e. The molecule has 27 heavy (non-hydrogen) atoms. The third kappa shape index (κ3) is 4.08. The van der Waals surface area contributed by atoms with Gasteiger partial charge in [0, 0.05) is 23.6 Å². The van der Waals surface area contributed by atoms with E-state index >= 15 is 0 Å². The summed E-state index contributed by atoms with van der Waals surface area (Å²) in [5.74, 6) is -1.71. The van der Waals surface area contributed by atoms with Gasteiger partial charge in [-0.05, 0) is 26.3 Å². The number of amides is 1. The summed E-state index contributed by atoms with van der Waals surface area (Å²) in [6, 6.07) is 16.2. The van der Waals surface area contributed by atoms with E-state index in [1.54, 1.807) is 45.0 Å². The van der Waals surface area contributed by atoms with Crippen LogP contribution in [0.1, 0.15) is 53.0 Å². The van der Waals surface area contributed by atoms with E-state index in [2.05, 4.69) is 5.32 Å². The van der Waals surface area contributed by atoms with E-state index in [-0.39, 0.29) is 18.1 Å². The molecule has 3 rings (SSSR count). The zero-order valence-corrected chi connectivity index (χ0v) is 15.7. The molecule has 0 bridgehead atoms. The molecule has 1 amide bonds. The van der Waals surface area contributed by atoms with Crippen LogP contribution in [-0.4, -0.2) is 29.8 Å². The maximum absolute atomic E-state index is 12.9. The molecule has 0 unspecified atom stereocenters. The number of hydrogen-bond donors (Lipinski definition) is 1. The molecule has 5 nitrogen and oxygen atoms in total. The van der Waals surface area contributed by atoms with Crippen LogP contribution in [0.25, 0.3) is 0 Å². The van der Waals surface area contributed by atoms with Gasteiger partial charge in [-0.1, -0.05) is 54.6 Å². The van der Waals surface area contributed by atoms with Crippen LogP contribution in [0.15, 0.2) is 54.6 Å². The number of ether oxygens (including phenoxy) is 1. The molecular formula is C22H23NO4. The van der Waals surface area contributed by atoms with Crippen molar-refractivity contribution in [3.8, 4) is 0 Å². The third-order valence-corrected chi connectivity index (χ3v) is 4.52. The molecule has 0 fully saturated rings. The number of nitrogens with one attached hydrogen (secondary N) is 1. The van der Waals surface area contributed by atoms with Crippen LogP contribution in [0, 0.1) is 5.92 Å². The molecule has 0 saturated carbocycles. The number of alkyl carbamates (subject to hydrolysis) is 1. The monoisotopic (exact) mass is 365 g/mol. The zero-order chi connectivity index (χ0) is 19.6. The van der Waals surface area contributed by atoms with Crippen molar-refractivity contribution in [2.45, 2.75) is 32.3 Å². The Labute approximate surface area is 158 Å². The Bertz CT molecular complexity index is 832. The summed E-state index contributed by atoms with van der Waals surface area (Å²) >= 11 is 0. The zero-order valence-electron chi connectivity index (χ0n) is 15.7. The number of carbonyl (C=O) groups is 3. The molecular weight excluding hydrogens is 342 g/mol. The number of carbonyl (C=O) groups excluding carboxylic acids is 3. The minimum absolute atomic E-state index is 0.134. The third-order valence-electron chi connectivity index (χ3n) is 4.52. The van der Waals surface area contributed by atoms with Gasteiger partial charge in [-0.3, -0.25) is 9.59 Å². The van der Waals surface area contributed by atoms with Gasteiger partial charge in [0.2, 0.25) is 0 Å². The molecule has 0 radical (unpaired) electrons. The average Bonchev–Trinajstić information content (AvgIpc) is 2.87. The molecule has 0 aliphatic heterocycles. The number of Topliss-reactive ketones (excluding diaryl/α,β-unsaturated/α-hetero) is 2. The molecule has 5 heteroatoms. The summed E-state index contributed by atoms with van der Waals surface area (Å²) in [5, 5.41) is 2.72. The Morgan fingerprint density at radius 3 is 2.00 bits per heavy atom. The first-order chi connectivity index (χ1) is 12.8. The maximum Gasteiger partial charge on any atom is 0.407 e. The lowest BCUT2D eigenvalue weighted by molar-refractivity contribution is 0.0514. The van der Waals surface area contributed by atoms with Gasteiger partial charge in [0.1, 0.15) is 5.60 Å². The highest BCUT2D eigenvalue weighted by molar-refractivity contribution is 6.26. The van der Waals surface area contributed by atoms with Crippen LogP contribution in [-0.2, 0) is 4.74 Å². The first-order valence-electron chi connectivity index (χ1n) is 8.97. The van der Waals surface area contributed by atoms with E-state index in [1.165, 1.54) is 0 Å². The van der Waals surface area contributed by atoms with E-state index in [9.17, 15) is 14.4 Å². The van der Waals surface area contributed by atoms with Crippen LogP contribution < -0.4 is 5.32 Å². The second kappa shape index (κ2) is 7.35. The summed E-state index contributed by atoms with van der Waals surface area (Å²) in [5.41, 5.74) is 1.10. The van der Waals surface area contributed by atoms with Crippen molar-refractivity contribution in [3.05, 3.63) is 71.3 Å². The van der Waals surface area contributed by atoms with Gasteiger partial charge in [0.25, 0.3) is 0 Å². The van der Waals surface area contributed by atoms with Gasteiger partial charge in [-0.25, -0.2) is 4.79 Å². The van der Waals surface area contributed by atoms with E-state index in [0.29, 0.717) is 11.1 Å². The highest BCUT2D eigenvalue weighted by atomic mass is 16.6. The summed E-state index contributed by atoms with van der Waals surface area (Å²) < 4.78 is 5.28. The largest absolute Gasteiger partial charge is 0.444 e. The number of rotatable bonds is 4. The fourth-order valence-corrected chi connectivity index (χ4v) is 3.37. The minimum Gasteiger partial charge on any atom is -0.444 e. The van der Waals surface area contributed by atoms with Gasteiger partial charge in [-0.2, -0.15) is 0 Å². The summed E-state index contributed by atoms with van der Waals surface area (Å²) in [6.07, 6.45) is -0.571. The van der Waals surface area contributed by atoms with Crippen LogP contribution in [0.2, 0.25) is 0 Å². The first kappa shape index (κ1) is 18.8. The molecule has 1 N–H and O–H groups in total. The van der Waals surface area contributed by atoms with Crippen LogP contribution in [0.5, 0.6) is 0 Å². The molecule has 0 heterocycles. The highest BCUT2D eigenvalue weighted by Gasteiger charge is 2.43. The molecule has 2 aromatic carbocycles. The van der Waals surface area contributed by atoms with Crippen molar-refractivity contribution in [1.29, 1.82) is 0 Å². The summed E-state index contributed by atoms with van der Waals surface area (Å²) in [7, 11) is 0. The van der Waals surface area contributed by atoms with Crippen LogP contribution in [0.4, 0.5) is 4.79 Å². The quantitative estimate of drug-likeness (QED) is 0.832. The van der Waals surface area contributed by atoms with E-state index in [1.807, 2.05) is 30.3 Å². The summed E-state index contributed by atoms with van der Waals surface area (Å²) in [4.78, 5) is 37.9. The number of ketones is 2. The SMILES string of the molecule is CC(C)(C)OC(=O)NC[C@H](c1ccccc1)C1C(=O)c2ccccc2C1=O. The molecule has 1 aliphatic rings. The maximum atomic E-state index is 12.9. The molecule has 1 aliphatic carbocycles. The average molecular weight is 365 g/mol. The Hall–Kier alpha value is -2.95. The predicted octanol–water partition coefficient (Wildman–Crippen LogP) is 3.99. The van der Waals surface area contributed by atoms with Gasteiger partial charge in [-0.15, -0.1) is 0 Å². The highest BCUT2D eigenvalue weighted by Crippen LogP contribution is 2.36. The molecule has 140 valence electrons. The lowest BCUT2D eigenvalue weighted by Crippen LogP contribution is -2.38. The Kier molecular flexibility index (Phi) is 5.13.